The third kappa shape index (κ3) is 7.61. The number of unbranched alkanes of at least 4 members (excludes halogenated alkanes) is 2. The van der Waals surface area contributed by atoms with E-state index in [-0.39, 0.29) is 30.4 Å². The van der Waals surface area contributed by atoms with Gasteiger partial charge in [0, 0.05) is 0 Å². The molecule has 3 nitrogen and oxygen atoms in total. The summed E-state index contributed by atoms with van der Waals surface area (Å²) in [7, 11) is 0. The maximum absolute atomic E-state index is 15.3. The van der Waals surface area contributed by atoms with E-state index in [0.29, 0.717) is 5.92 Å². The van der Waals surface area contributed by atoms with Crippen molar-refractivity contribution in [1.29, 1.82) is 0 Å². The van der Waals surface area contributed by atoms with Crippen molar-refractivity contribution in [3.63, 3.8) is 0 Å². The summed E-state index contributed by atoms with van der Waals surface area (Å²) in [5.41, 5.74) is 1.16. The fourth-order valence-corrected chi connectivity index (χ4v) is 7.55. The lowest BCUT2D eigenvalue weighted by molar-refractivity contribution is -0.163. The summed E-state index contributed by atoms with van der Waals surface area (Å²) < 4.78 is 20.9. The first kappa shape index (κ1) is 29.6. The predicted octanol–water partition coefficient (Wildman–Crippen LogP) is 9.07. The molecule has 0 saturated heterocycles. The number of halogens is 1. The zero-order valence-electron chi connectivity index (χ0n) is 24.4. The van der Waals surface area contributed by atoms with E-state index < -0.39 is 5.41 Å². The minimum Gasteiger partial charge on any atom is -0.462 e. The third-order valence-corrected chi connectivity index (χ3v) is 10.4. The quantitative estimate of drug-likeness (QED) is 0.243. The van der Waals surface area contributed by atoms with E-state index in [0.717, 1.165) is 49.0 Å². The summed E-state index contributed by atoms with van der Waals surface area (Å²) in [5.74, 6) is 3.11. The molecule has 38 heavy (non-hydrogen) atoms. The lowest BCUT2D eigenvalue weighted by Crippen LogP contribution is -2.34. The second kappa shape index (κ2) is 13.8. The van der Waals surface area contributed by atoms with Gasteiger partial charge in [-0.05, 0) is 125 Å². The van der Waals surface area contributed by atoms with Crippen molar-refractivity contribution in [2.45, 2.75) is 141 Å². The highest BCUT2D eigenvalue weighted by molar-refractivity contribution is 5.76. The van der Waals surface area contributed by atoms with Crippen LogP contribution in [-0.4, -0.2) is 23.8 Å². The second-order valence-electron chi connectivity index (χ2n) is 13.6. The van der Waals surface area contributed by atoms with E-state index in [9.17, 15) is 9.90 Å². The van der Waals surface area contributed by atoms with E-state index in [2.05, 4.69) is 13.0 Å². The molecule has 0 atom stereocenters. The van der Waals surface area contributed by atoms with Crippen LogP contribution in [0.4, 0.5) is 4.39 Å². The van der Waals surface area contributed by atoms with Crippen molar-refractivity contribution in [1.82, 2.24) is 0 Å². The average molecular weight is 529 g/mol. The zero-order valence-corrected chi connectivity index (χ0v) is 24.4. The van der Waals surface area contributed by atoms with Crippen LogP contribution in [0.2, 0.25) is 0 Å². The monoisotopic (exact) mass is 528 g/mol. The summed E-state index contributed by atoms with van der Waals surface area (Å²) in [4.78, 5) is 12.3. The summed E-state index contributed by atoms with van der Waals surface area (Å²) >= 11 is 0. The molecule has 0 amide bonds. The number of aliphatic hydroxyl groups is 1. The summed E-state index contributed by atoms with van der Waals surface area (Å²) in [6.07, 6.45) is 19.5. The Morgan fingerprint density at radius 3 is 2.08 bits per heavy atom. The fraction of sp³-hybridized carbons (Fsp3) is 0.794. The number of ether oxygens (including phenoxy) is 1. The predicted molar refractivity (Wildman–Crippen MR) is 153 cm³/mol. The maximum atomic E-state index is 15.3. The number of carbonyl (C=O) groups is 1. The van der Waals surface area contributed by atoms with Crippen LogP contribution in [0.25, 0.3) is 0 Å². The van der Waals surface area contributed by atoms with Crippen LogP contribution >= 0.6 is 0 Å². The molecule has 0 aliphatic heterocycles. The molecule has 1 aromatic rings. The molecule has 214 valence electrons. The molecule has 3 fully saturated rings. The topological polar surface area (TPSA) is 46.5 Å². The number of aliphatic hydroxyl groups excluding tert-OH is 1. The minimum absolute atomic E-state index is 0.0483. The maximum Gasteiger partial charge on any atom is 0.314 e. The summed E-state index contributed by atoms with van der Waals surface area (Å²) in [5, 5.41) is 9.40. The number of rotatable bonds is 10. The Morgan fingerprint density at radius 2 is 1.50 bits per heavy atom. The Kier molecular flexibility index (Phi) is 10.7. The molecule has 0 spiro atoms. The van der Waals surface area contributed by atoms with Crippen LogP contribution in [-0.2, 0) is 9.53 Å². The van der Waals surface area contributed by atoms with Crippen LogP contribution < -0.4 is 0 Å². The van der Waals surface area contributed by atoms with Gasteiger partial charge in [0.25, 0.3) is 0 Å². The molecule has 3 saturated carbocycles. The van der Waals surface area contributed by atoms with Gasteiger partial charge in [-0.1, -0.05) is 57.6 Å². The first-order valence-electron chi connectivity index (χ1n) is 15.9. The van der Waals surface area contributed by atoms with Crippen molar-refractivity contribution in [2.24, 2.45) is 23.2 Å². The van der Waals surface area contributed by atoms with Gasteiger partial charge in [-0.25, -0.2) is 4.39 Å². The molecule has 4 rings (SSSR count). The molecule has 1 N–H and O–H groups in total. The zero-order chi connectivity index (χ0) is 27.1. The van der Waals surface area contributed by atoms with Gasteiger partial charge in [0.15, 0.2) is 0 Å². The largest absolute Gasteiger partial charge is 0.462 e. The Bertz CT molecular complexity index is 872. The molecule has 3 aliphatic carbocycles. The summed E-state index contributed by atoms with van der Waals surface area (Å²) in [6, 6.07) is 6.07. The molecule has 0 unspecified atom stereocenters. The fourth-order valence-electron chi connectivity index (χ4n) is 7.55. The van der Waals surface area contributed by atoms with Crippen LogP contribution in [0.3, 0.4) is 0 Å². The van der Waals surface area contributed by atoms with Gasteiger partial charge in [-0.3, -0.25) is 4.79 Å². The van der Waals surface area contributed by atoms with Crippen molar-refractivity contribution in [2.75, 3.05) is 6.61 Å². The van der Waals surface area contributed by atoms with E-state index >= 15 is 4.39 Å². The lowest BCUT2D eigenvalue weighted by atomic mass is 9.68. The molecular formula is C34H53FO3. The molecule has 1 aromatic carbocycles. The lowest BCUT2D eigenvalue weighted by Gasteiger charge is -2.38. The molecular weight excluding hydrogens is 475 g/mol. The Balaban J connectivity index is 1.22. The first-order valence-corrected chi connectivity index (χ1v) is 15.9. The molecule has 3 aliphatic rings. The van der Waals surface area contributed by atoms with E-state index in [1.807, 2.05) is 12.1 Å². The van der Waals surface area contributed by atoms with E-state index in [1.165, 1.54) is 82.6 Å². The van der Waals surface area contributed by atoms with Crippen molar-refractivity contribution in [3.8, 4) is 0 Å². The van der Waals surface area contributed by atoms with E-state index in [4.69, 9.17) is 4.74 Å². The smallest absolute Gasteiger partial charge is 0.314 e. The van der Waals surface area contributed by atoms with Gasteiger partial charge in [-0.2, -0.15) is 0 Å². The highest BCUT2D eigenvalue weighted by atomic mass is 19.1. The standard InChI is InChI=1S/C34H53FO3/c1-4-5-6-7-24-8-10-25(11-9-24)26-12-14-27(15-13-26)29-18-21-31(32(35)22-29)28-16-19-30(20-17-28)38-33(37)34(2,3)23-36/h18,21-22,24-28,30,36H,4-17,19-20,23H2,1-3H3. The van der Waals surface area contributed by atoms with Crippen LogP contribution in [0.15, 0.2) is 18.2 Å². The van der Waals surface area contributed by atoms with Crippen LogP contribution in [0, 0.1) is 29.0 Å². The second-order valence-corrected chi connectivity index (χ2v) is 13.6. The number of carbonyl (C=O) groups excluding carboxylic acids is 1. The van der Waals surface area contributed by atoms with Gasteiger partial charge in [0.2, 0.25) is 0 Å². The first-order chi connectivity index (χ1) is 18.3. The Hall–Kier alpha value is -1.42. The normalized spacial score (nSPS) is 30.7. The third-order valence-electron chi connectivity index (χ3n) is 10.4. The number of hydrogen-bond acceptors (Lipinski definition) is 3. The van der Waals surface area contributed by atoms with Gasteiger partial charge in [-0.15, -0.1) is 0 Å². The minimum atomic E-state index is -0.870. The van der Waals surface area contributed by atoms with Crippen molar-refractivity contribution < 1.29 is 19.0 Å². The summed E-state index contributed by atoms with van der Waals surface area (Å²) in [6.45, 7) is 5.47. The van der Waals surface area contributed by atoms with Crippen LogP contribution in [0.5, 0.6) is 0 Å². The van der Waals surface area contributed by atoms with Crippen molar-refractivity contribution >= 4 is 5.97 Å². The van der Waals surface area contributed by atoms with Gasteiger partial charge in [0.1, 0.15) is 11.9 Å². The Morgan fingerprint density at radius 1 is 0.895 bits per heavy atom. The van der Waals surface area contributed by atoms with Crippen molar-refractivity contribution in [3.05, 3.63) is 35.1 Å². The highest BCUT2D eigenvalue weighted by Gasteiger charge is 2.34. The number of benzene rings is 1. The molecule has 0 bridgehead atoms. The molecule has 4 heteroatoms. The average Bonchev–Trinajstić information content (AvgIpc) is 2.94. The van der Waals surface area contributed by atoms with Crippen LogP contribution in [0.1, 0.15) is 146 Å². The Labute approximate surface area is 231 Å². The molecule has 0 heterocycles. The highest BCUT2D eigenvalue weighted by Crippen LogP contribution is 2.45. The van der Waals surface area contributed by atoms with Gasteiger partial charge >= 0.3 is 5.97 Å². The molecule has 0 aromatic heterocycles. The SMILES string of the molecule is CCCCCC1CCC(C2CCC(c3ccc(C4CCC(OC(=O)C(C)(C)CO)CC4)c(F)c3)CC2)CC1. The van der Waals surface area contributed by atoms with Gasteiger partial charge < -0.3 is 9.84 Å². The molecule has 0 radical (unpaired) electrons. The number of esters is 1. The number of hydrogen-bond donors (Lipinski definition) is 1. The van der Waals surface area contributed by atoms with E-state index in [1.54, 1.807) is 13.8 Å². The van der Waals surface area contributed by atoms with Gasteiger partial charge in [0.05, 0.1) is 12.0 Å².